The first-order chi connectivity index (χ1) is 13.8. The number of anilines is 1. The second-order valence-electron chi connectivity index (χ2n) is 8.20. The van der Waals surface area contributed by atoms with E-state index in [9.17, 15) is 9.59 Å². The summed E-state index contributed by atoms with van der Waals surface area (Å²) in [5, 5.41) is 3.65. The molecule has 1 aliphatic rings. The summed E-state index contributed by atoms with van der Waals surface area (Å²) in [6, 6.07) is 7.94. The van der Waals surface area contributed by atoms with Gasteiger partial charge in [-0.3, -0.25) is 9.36 Å². The number of fused-ring (bicyclic) bond motifs is 1. The van der Waals surface area contributed by atoms with Crippen molar-refractivity contribution in [1.82, 2.24) is 9.55 Å². The first-order valence-electron chi connectivity index (χ1n) is 10.3. The maximum atomic E-state index is 12.6. The maximum absolute atomic E-state index is 12.6. The lowest BCUT2D eigenvalue weighted by molar-refractivity contribution is -0.859. The molecule has 156 valence electrons. The fourth-order valence-electron chi connectivity index (χ4n) is 3.55. The topological polar surface area (TPSA) is 68.4 Å². The number of benzene rings is 1. The van der Waals surface area contributed by atoms with Crippen molar-refractivity contribution in [2.75, 3.05) is 31.7 Å². The van der Waals surface area contributed by atoms with Crippen LogP contribution >= 0.6 is 11.8 Å². The summed E-state index contributed by atoms with van der Waals surface area (Å²) in [7, 11) is 4.16. The smallest absolute Gasteiger partial charge is 0.338 e. The van der Waals surface area contributed by atoms with Crippen LogP contribution in [0.1, 0.15) is 43.0 Å². The highest BCUT2D eigenvalue weighted by atomic mass is 32.2. The number of rotatable bonds is 8. The van der Waals surface area contributed by atoms with Crippen molar-refractivity contribution in [1.29, 1.82) is 0 Å². The van der Waals surface area contributed by atoms with Crippen molar-refractivity contribution < 1.29 is 9.69 Å². The Morgan fingerprint density at radius 3 is 2.62 bits per heavy atom. The fraction of sp³-hybridized carbons (Fsp3) is 0.500. The molecule has 0 fully saturated rings. The third-order valence-corrected chi connectivity index (χ3v) is 6.25. The molecule has 0 atom stereocenters. The number of hydrogen-bond acceptors (Lipinski definition) is 4. The molecule has 0 radical (unpaired) electrons. The molecular formula is C22H31N4O2S+. The second-order valence-corrected chi connectivity index (χ2v) is 9.16. The van der Waals surface area contributed by atoms with E-state index in [1.807, 2.05) is 28.8 Å². The van der Waals surface area contributed by atoms with Crippen LogP contribution in [-0.4, -0.2) is 41.9 Å². The number of carbonyl (C=O) groups is 1. The van der Waals surface area contributed by atoms with Gasteiger partial charge in [0.05, 0.1) is 32.9 Å². The minimum atomic E-state index is -0.195. The Hall–Kier alpha value is -2.12. The fourth-order valence-corrected chi connectivity index (χ4v) is 4.43. The summed E-state index contributed by atoms with van der Waals surface area (Å²) in [5.74, 6) is 0.627. The zero-order chi connectivity index (χ0) is 21.0. The number of quaternary nitrogens is 1. The van der Waals surface area contributed by atoms with Crippen LogP contribution in [0.15, 0.2) is 34.1 Å². The molecule has 0 spiro atoms. The van der Waals surface area contributed by atoms with Gasteiger partial charge in [0.25, 0.3) is 0 Å². The number of amides is 1. The maximum Gasteiger partial charge on any atom is 0.349 e. The second kappa shape index (κ2) is 9.59. The summed E-state index contributed by atoms with van der Waals surface area (Å²) < 4.78 is 1.83. The molecule has 2 N–H and O–H groups in total. The molecule has 1 aromatic heterocycles. The molecule has 0 bridgehead atoms. The Kier molecular flexibility index (Phi) is 7.14. The van der Waals surface area contributed by atoms with Gasteiger partial charge >= 0.3 is 5.69 Å². The third kappa shape index (κ3) is 5.48. The van der Waals surface area contributed by atoms with E-state index in [4.69, 9.17) is 0 Å². The minimum Gasteiger partial charge on any atom is -0.338 e. The van der Waals surface area contributed by atoms with E-state index in [-0.39, 0.29) is 17.3 Å². The number of likely N-dealkylation sites (N-methyl/N-ethyl adjacent to an activating group) is 1. The van der Waals surface area contributed by atoms with E-state index in [0.717, 1.165) is 47.8 Å². The first kappa shape index (κ1) is 21.6. The van der Waals surface area contributed by atoms with E-state index in [1.54, 1.807) is 0 Å². The lowest BCUT2D eigenvalue weighted by Gasteiger charge is -2.15. The van der Waals surface area contributed by atoms with Crippen molar-refractivity contribution in [2.45, 2.75) is 50.6 Å². The van der Waals surface area contributed by atoms with Gasteiger partial charge in [-0.2, -0.15) is 4.98 Å². The number of thioether (sulfide) groups is 1. The highest BCUT2D eigenvalue weighted by molar-refractivity contribution is 8.00. The van der Waals surface area contributed by atoms with Gasteiger partial charge in [0.2, 0.25) is 5.91 Å². The van der Waals surface area contributed by atoms with Crippen molar-refractivity contribution in [3.05, 3.63) is 51.6 Å². The van der Waals surface area contributed by atoms with Gasteiger partial charge in [0, 0.05) is 16.9 Å². The third-order valence-electron chi connectivity index (χ3n) is 5.24. The summed E-state index contributed by atoms with van der Waals surface area (Å²) in [6.07, 6.45) is 2.88. The van der Waals surface area contributed by atoms with Crippen LogP contribution in [0.2, 0.25) is 0 Å². The molecule has 0 saturated carbocycles. The summed E-state index contributed by atoms with van der Waals surface area (Å²) >= 11 is 1.37. The summed E-state index contributed by atoms with van der Waals surface area (Å²) in [5.41, 5.74) is 4.10. The van der Waals surface area contributed by atoms with Gasteiger partial charge in [-0.1, -0.05) is 37.7 Å². The zero-order valence-electron chi connectivity index (χ0n) is 17.7. The average Bonchev–Trinajstić information content (AvgIpc) is 3.15. The Bertz CT molecular complexity index is 920. The lowest BCUT2D eigenvalue weighted by atomic mass is 10.0. The molecule has 1 aliphatic carbocycles. The molecule has 29 heavy (non-hydrogen) atoms. The number of nitrogens with zero attached hydrogens (tertiary/aromatic N) is 2. The predicted octanol–water partition coefficient (Wildman–Crippen LogP) is 1.73. The molecule has 3 rings (SSSR count). The largest absolute Gasteiger partial charge is 0.349 e. The monoisotopic (exact) mass is 415 g/mol. The summed E-state index contributed by atoms with van der Waals surface area (Å²) in [6.45, 7) is 5.86. The van der Waals surface area contributed by atoms with Crippen LogP contribution in [0.4, 0.5) is 5.69 Å². The minimum absolute atomic E-state index is 0.0822. The molecule has 0 unspecified atom stereocenters. The molecule has 1 heterocycles. The highest BCUT2D eigenvalue weighted by Crippen LogP contribution is 2.29. The van der Waals surface area contributed by atoms with Gasteiger partial charge in [-0.05, 0) is 42.9 Å². The van der Waals surface area contributed by atoms with Crippen LogP contribution < -0.4 is 15.9 Å². The van der Waals surface area contributed by atoms with E-state index in [1.165, 1.54) is 22.2 Å². The molecule has 0 saturated heterocycles. The predicted molar refractivity (Wildman–Crippen MR) is 118 cm³/mol. The molecule has 7 heteroatoms. The van der Waals surface area contributed by atoms with Crippen molar-refractivity contribution >= 4 is 23.4 Å². The van der Waals surface area contributed by atoms with Crippen molar-refractivity contribution in [3.63, 3.8) is 0 Å². The highest BCUT2D eigenvalue weighted by Gasteiger charge is 2.22. The number of hydrogen-bond donors (Lipinski definition) is 2. The standard InChI is InChI=1S/C22H30N4O2S/c1-15(2)16-8-10-17(11-9-16)23-20(27)14-29-21-18-6-5-7-19(18)26(22(28)24-21)13-12-25(3)4/h8-11,15H,5-7,12-14H2,1-4H3,(H,23,27)/p+1. The normalized spacial score (nSPS) is 13.2. The Labute approximate surface area is 176 Å². The van der Waals surface area contributed by atoms with Crippen LogP contribution in [0.25, 0.3) is 0 Å². The quantitative estimate of drug-likeness (QED) is 0.509. The average molecular weight is 416 g/mol. The molecular weight excluding hydrogens is 384 g/mol. The number of carbonyl (C=O) groups excluding carboxylic acids is 1. The Balaban J connectivity index is 1.66. The Morgan fingerprint density at radius 1 is 1.24 bits per heavy atom. The Morgan fingerprint density at radius 2 is 1.97 bits per heavy atom. The van der Waals surface area contributed by atoms with E-state index < -0.39 is 0 Å². The van der Waals surface area contributed by atoms with Crippen molar-refractivity contribution in [2.24, 2.45) is 0 Å². The van der Waals surface area contributed by atoms with Crippen LogP contribution in [-0.2, 0) is 24.2 Å². The van der Waals surface area contributed by atoms with Crippen LogP contribution in [0.3, 0.4) is 0 Å². The molecule has 1 aromatic carbocycles. The summed E-state index contributed by atoms with van der Waals surface area (Å²) in [4.78, 5) is 30.6. The molecule has 2 aromatic rings. The van der Waals surface area contributed by atoms with Gasteiger partial charge in [-0.25, -0.2) is 4.79 Å². The lowest BCUT2D eigenvalue weighted by Crippen LogP contribution is -3.06. The van der Waals surface area contributed by atoms with Gasteiger partial charge in [0.1, 0.15) is 5.03 Å². The van der Waals surface area contributed by atoms with E-state index >= 15 is 0 Å². The van der Waals surface area contributed by atoms with Gasteiger partial charge < -0.3 is 10.2 Å². The molecule has 6 nitrogen and oxygen atoms in total. The van der Waals surface area contributed by atoms with Crippen LogP contribution in [0.5, 0.6) is 0 Å². The SMILES string of the molecule is CC(C)c1ccc(NC(=O)CSc2nc(=O)n(CC[NH+](C)C)c3c2CCC3)cc1. The number of aromatic nitrogens is 2. The zero-order valence-corrected chi connectivity index (χ0v) is 18.6. The van der Waals surface area contributed by atoms with E-state index in [0.29, 0.717) is 12.5 Å². The van der Waals surface area contributed by atoms with Crippen LogP contribution in [0, 0.1) is 0 Å². The van der Waals surface area contributed by atoms with Gasteiger partial charge in [0.15, 0.2) is 0 Å². The van der Waals surface area contributed by atoms with Crippen molar-refractivity contribution in [3.8, 4) is 0 Å². The number of nitrogens with one attached hydrogen (secondary N) is 2. The molecule has 1 amide bonds. The molecule has 0 aliphatic heterocycles. The van der Waals surface area contributed by atoms with Gasteiger partial charge in [-0.15, -0.1) is 0 Å². The van der Waals surface area contributed by atoms with E-state index in [2.05, 4.69) is 38.2 Å². The first-order valence-corrected chi connectivity index (χ1v) is 11.3.